The Morgan fingerprint density at radius 3 is 2.56 bits per heavy atom. The summed E-state index contributed by atoms with van der Waals surface area (Å²) in [6.45, 7) is 6.64. The van der Waals surface area contributed by atoms with Crippen LogP contribution in [0.25, 0.3) is 0 Å². The number of rotatable bonds is 7. The minimum Gasteiger partial charge on any atom is -0.493 e. The number of carbonyl (C=O) groups excluding carboxylic acids is 3. The standard InChI is InChI=1S/C25H35N3O6/c1-14(2)7-16-12-28-6-5-15-9-21(32-3)22(33-4)10-18(15)20(28)8-17(16)13-34-24(30)19-11-23(29)27-25(31)26-19/h9-10,14,16-17,19-20H,5-8,11-13H2,1-4H3,(H2,26,27,29,31)/t16-,17+,19+,20-/m1/s1. The quantitative estimate of drug-likeness (QED) is 0.586. The molecule has 0 aromatic heterocycles. The first kappa shape index (κ1) is 24.3. The largest absolute Gasteiger partial charge is 0.493 e. The highest BCUT2D eigenvalue weighted by atomic mass is 16.5. The number of nitrogens with one attached hydrogen (secondary N) is 2. The van der Waals surface area contributed by atoms with Gasteiger partial charge in [0.25, 0.3) is 0 Å². The van der Waals surface area contributed by atoms with E-state index in [0.717, 1.165) is 43.9 Å². The summed E-state index contributed by atoms with van der Waals surface area (Å²) < 4.78 is 16.8. The number of urea groups is 1. The smallest absolute Gasteiger partial charge is 0.329 e. The van der Waals surface area contributed by atoms with E-state index in [2.05, 4.69) is 41.5 Å². The van der Waals surface area contributed by atoms with Gasteiger partial charge >= 0.3 is 12.0 Å². The highest BCUT2D eigenvalue weighted by molar-refractivity contribution is 6.01. The fraction of sp³-hybridized carbons (Fsp3) is 0.640. The Bertz CT molecular complexity index is 933. The van der Waals surface area contributed by atoms with Gasteiger partial charge in [0, 0.05) is 19.1 Å². The van der Waals surface area contributed by atoms with E-state index in [9.17, 15) is 14.4 Å². The Morgan fingerprint density at radius 1 is 1.15 bits per heavy atom. The average molecular weight is 474 g/mol. The van der Waals surface area contributed by atoms with Gasteiger partial charge in [-0.3, -0.25) is 15.0 Å². The van der Waals surface area contributed by atoms with Crippen LogP contribution in [0, 0.1) is 17.8 Å². The van der Waals surface area contributed by atoms with Crippen LogP contribution < -0.4 is 20.1 Å². The minimum absolute atomic E-state index is 0.101. The summed E-state index contributed by atoms with van der Waals surface area (Å²) in [7, 11) is 3.30. The number of fused-ring (bicyclic) bond motifs is 3. The Morgan fingerprint density at radius 2 is 1.88 bits per heavy atom. The maximum Gasteiger partial charge on any atom is 0.329 e. The van der Waals surface area contributed by atoms with Crippen LogP contribution in [-0.4, -0.2) is 62.8 Å². The number of hydrogen-bond donors (Lipinski definition) is 2. The van der Waals surface area contributed by atoms with E-state index in [0.29, 0.717) is 11.8 Å². The molecule has 0 saturated carbocycles. The lowest BCUT2D eigenvalue weighted by molar-refractivity contribution is -0.151. The van der Waals surface area contributed by atoms with Gasteiger partial charge in [-0.25, -0.2) is 9.59 Å². The van der Waals surface area contributed by atoms with Crippen molar-refractivity contribution in [2.45, 2.75) is 51.6 Å². The van der Waals surface area contributed by atoms with Gasteiger partial charge in [-0.05, 0) is 60.3 Å². The van der Waals surface area contributed by atoms with Crippen LogP contribution in [0.5, 0.6) is 11.5 Å². The van der Waals surface area contributed by atoms with Gasteiger partial charge in [0.1, 0.15) is 6.04 Å². The molecular formula is C25H35N3O6. The molecular weight excluding hydrogens is 438 g/mol. The van der Waals surface area contributed by atoms with Crippen molar-refractivity contribution < 1.29 is 28.6 Å². The Labute approximate surface area is 200 Å². The third kappa shape index (κ3) is 5.14. The molecule has 3 heterocycles. The molecule has 3 aliphatic rings. The molecule has 9 nitrogen and oxygen atoms in total. The average Bonchev–Trinajstić information content (AvgIpc) is 2.80. The van der Waals surface area contributed by atoms with Crippen molar-refractivity contribution in [3.63, 3.8) is 0 Å². The molecule has 1 aromatic rings. The number of esters is 1. The number of benzene rings is 1. The van der Waals surface area contributed by atoms with Crippen molar-refractivity contribution in [1.82, 2.24) is 15.5 Å². The lowest BCUT2D eigenvalue weighted by atomic mass is 9.74. The molecule has 0 unspecified atom stereocenters. The Hall–Kier alpha value is -2.81. The molecule has 4 rings (SSSR count). The zero-order chi connectivity index (χ0) is 24.4. The van der Waals surface area contributed by atoms with Crippen LogP contribution in [0.4, 0.5) is 4.79 Å². The molecule has 2 fully saturated rings. The number of nitrogens with zero attached hydrogens (tertiary/aromatic N) is 1. The molecule has 2 N–H and O–H groups in total. The first-order valence-electron chi connectivity index (χ1n) is 12.0. The molecule has 9 heteroatoms. The topological polar surface area (TPSA) is 106 Å². The van der Waals surface area contributed by atoms with Gasteiger partial charge in [0.05, 0.1) is 27.2 Å². The van der Waals surface area contributed by atoms with Crippen molar-refractivity contribution in [3.05, 3.63) is 23.3 Å². The molecule has 3 aliphatic heterocycles. The van der Waals surface area contributed by atoms with E-state index in [4.69, 9.17) is 14.2 Å². The van der Waals surface area contributed by atoms with E-state index in [1.54, 1.807) is 14.2 Å². The van der Waals surface area contributed by atoms with Gasteiger partial charge in [0.15, 0.2) is 11.5 Å². The maximum atomic E-state index is 12.6. The normalized spacial score (nSPS) is 26.7. The molecule has 186 valence electrons. The third-order valence-electron chi connectivity index (χ3n) is 7.22. The molecule has 0 spiro atoms. The number of ether oxygens (including phenoxy) is 3. The monoisotopic (exact) mass is 473 g/mol. The lowest BCUT2D eigenvalue weighted by Gasteiger charge is -2.47. The number of amides is 3. The minimum atomic E-state index is -0.933. The maximum absolute atomic E-state index is 12.6. The van der Waals surface area contributed by atoms with E-state index in [1.807, 2.05) is 0 Å². The Balaban J connectivity index is 1.51. The van der Waals surface area contributed by atoms with Gasteiger partial charge in [-0.1, -0.05) is 13.8 Å². The van der Waals surface area contributed by atoms with Gasteiger partial charge < -0.3 is 19.5 Å². The van der Waals surface area contributed by atoms with E-state index in [1.165, 1.54) is 11.1 Å². The zero-order valence-electron chi connectivity index (χ0n) is 20.4. The van der Waals surface area contributed by atoms with Crippen molar-refractivity contribution in [1.29, 1.82) is 0 Å². The number of carbonyl (C=O) groups is 3. The van der Waals surface area contributed by atoms with Crippen LogP contribution in [-0.2, 0) is 20.7 Å². The molecule has 0 bridgehead atoms. The van der Waals surface area contributed by atoms with Crippen LogP contribution >= 0.6 is 0 Å². The number of imide groups is 1. The second-order valence-corrected chi connectivity index (χ2v) is 9.96. The fourth-order valence-electron chi connectivity index (χ4n) is 5.62. The molecule has 3 amide bonds. The Kier molecular flexibility index (Phi) is 7.30. The number of piperidine rings is 1. The first-order chi connectivity index (χ1) is 16.3. The van der Waals surface area contributed by atoms with Crippen molar-refractivity contribution in [3.8, 4) is 11.5 Å². The molecule has 1 aromatic carbocycles. The lowest BCUT2D eigenvalue weighted by Crippen LogP contribution is -2.55. The van der Waals surface area contributed by atoms with Crippen molar-refractivity contribution in [2.75, 3.05) is 33.9 Å². The zero-order valence-corrected chi connectivity index (χ0v) is 20.4. The summed E-state index contributed by atoms with van der Waals surface area (Å²) in [6.07, 6.45) is 2.78. The van der Waals surface area contributed by atoms with Crippen LogP contribution in [0.15, 0.2) is 12.1 Å². The number of hydrogen-bond acceptors (Lipinski definition) is 7. The molecule has 4 atom stereocenters. The predicted octanol–water partition coefficient (Wildman–Crippen LogP) is 2.43. The molecule has 2 saturated heterocycles. The van der Waals surface area contributed by atoms with E-state index in [-0.39, 0.29) is 25.0 Å². The van der Waals surface area contributed by atoms with Crippen LogP contribution in [0.2, 0.25) is 0 Å². The summed E-state index contributed by atoms with van der Waals surface area (Å²) in [5, 5.41) is 4.61. The van der Waals surface area contributed by atoms with E-state index < -0.39 is 23.9 Å². The summed E-state index contributed by atoms with van der Waals surface area (Å²) in [5.74, 6) is 1.55. The number of methoxy groups -OCH3 is 2. The van der Waals surface area contributed by atoms with Crippen LogP contribution in [0.3, 0.4) is 0 Å². The van der Waals surface area contributed by atoms with Gasteiger partial charge in [-0.15, -0.1) is 0 Å². The van der Waals surface area contributed by atoms with Crippen molar-refractivity contribution in [2.24, 2.45) is 17.8 Å². The summed E-state index contributed by atoms with van der Waals surface area (Å²) in [5.41, 5.74) is 2.52. The second-order valence-electron chi connectivity index (χ2n) is 9.96. The predicted molar refractivity (Wildman–Crippen MR) is 125 cm³/mol. The van der Waals surface area contributed by atoms with Gasteiger partial charge in [0.2, 0.25) is 5.91 Å². The summed E-state index contributed by atoms with van der Waals surface area (Å²) in [4.78, 5) is 38.4. The van der Waals surface area contributed by atoms with Crippen LogP contribution in [0.1, 0.15) is 50.3 Å². The second kappa shape index (κ2) is 10.2. The first-order valence-corrected chi connectivity index (χ1v) is 12.0. The molecule has 0 radical (unpaired) electrons. The van der Waals surface area contributed by atoms with E-state index >= 15 is 0 Å². The molecule has 0 aliphatic carbocycles. The fourth-order valence-corrected chi connectivity index (χ4v) is 5.62. The highest BCUT2D eigenvalue weighted by Gasteiger charge is 2.40. The summed E-state index contributed by atoms with van der Waals surface area (Å²) >= 11 is 0. The van der Waals surface area contributed by atoms with Gasteiger partial charge in [-0.2, -0.15) is 0 Å². The SMILES string of the molecule is COc1cc2c(cc1OC)[C@H]1C[C@@H](COC(=O)[C@@H]3CC(=O)NC(=O)N3)[C@H](CC(C)C)CN1CC2. The molecule has 34 heavy (non-hydrogen) atoms. The highest BCUT2D eigenvalue weighted by Crippen LogP contribution is 2.45. The van der Waals surface area contributed by atoms with Crippen molar-refractivity contribution >= 4 is 17.9 Å². The third-order valence-corrected chi connectivity index (χ3v) is 7.22. The summed E-state index contributed by atoms with van der Waals surface area (Å²) in [6, 6.07) is 2.80.